The van der Waals surface area contributed by atoms with Crippen LogP contribution in [0.4, 0.5) is 0 Å². The van der Waals surface area contributed by atoms with Gasteiger partial charge in [0.05, 0.1) is 19.8 Å². The molecule has 3 rings (SSSR count). The standard InChI is InChI=1S/C18H32O16/c19-1-4-7(20)11(24)14(27)17(33-4)31-3-6-9(22)12(25)15(28)18(34-6)30-2-5-8(21)10(23)13(26)16(29)32-5/h4-29H,1-3H2/t4-,5-,6-,7+,8+,9+,10+,11+,12+,13-,14-,15-,16?,17?,18?/m1/s1. The molecule has 0 radical (unpaired) electrons. The Labute approximate surface area is 192 Å². The molecule has 3 unspecified atom stereocenters. The van der Waals surface area contributed by atoms with E-state index in [1.54, 1.807) is 0 Å². The first-order valence-corrected chi connectivity index (χ1v) is 10.6. The minimum Gasteiger partial charge on any atom is -0.394 e. The van der Waals surface area contributed by atoms with Crippen LogP contribution in [0.1, 0.15) is 0 Å². The maximum absolute atomic E-state index is 10.2. The number of ether oxygens (including phenoxy) is 5. The maximum Gasteiger partial charge on any atom is 0.186 e. The zero-order valence-electron chi connectivity index (χ0n) is 17.7. The Morgan fingerprint density at radius 1 is 0.441 bits per heavy atom. The molecular weight excluding hydrogens is 472 g/mol. The summed E-state index contributed by atoms with van der Waals surface area (Å²) in [5, 5.41) is 108. The molecule has 15 atom stereocenters. The molecule has 0 aromatic heterocycles. The van der Waals surface area contributed by atoms with E-state index in [1.165, 1.54) is 0 Å². The maximum atomic E-state index is 10.2. The van der Waals surface area contributed by atoms with E-state index >= 15 is 0 Å². The Kier molecular flexibility index (Phi) is 9.54. The van der Waals surface area contributed by atoms with Crippen LogP contribution in [-0.4, -0.2) is 168 Å². The third kappa shape index (κ3) is 5.68. The van der Waals surface area contributed by atoms with Crippen molar-refractivity contribution in [2.24, 2.45) is 0 Å². The van der Waals surface area contributed by atoms with Crippen molar-refractivity contribution in [2.75, 3.05) is 19.8 Å². The van der Waals surface area contributed by atoms with Crippen molar-refractivity contribution in [1.29, 1.82) is 0 Å². The van der Waals surface area contributed by atoms with Crippen molar-refractivity contribution in [3.05, 3.63) is 0 Å². The van der Waals surface area contributed by atoms with E-state index in [9.17, 15) is 56.2 Å². The van der Waals surface area contributed by atoms with Gasteiger partial charge >= 0.3 is 0 Å². The highest BCUT2D eigenvalue weighted by molar-refractivity contribution is 4.92. The molecule has 0 spiro atoms. The van der Waals surface area contributed by atoms with Gasteiger partial charge < -0.3 is 79.9 Å². The van der Waals surface area contributed by atoms with Gasteiger partial charge in [-0.1, -0.05) is 0 Å². The molecule has 16 heteroatoms. The van der Waals surface area contributed by atoms with Crippen LogP contribution in [0, 0.1) is 0 Å². The number of rotatable bonds is 7. The fraction of sp³-hybridized carbons (Fsp3) is 1.00. The van der Waals surface area contributed by atoms with Crippen LogP contribution in [0.15, 0.2) is 0 Å². The Morgan fingerprint density at radius 2 is 0.824 bits per heavy atom. The second kappa shape index (κ2) is 11.6. The van der Waals surface area contributed by atoms with Gasteiger partial charge in [-0.05, 0) is 0 Å². The van der Waals surface area contributed by atoms with Crippen molar-refractivity contribution < 1.29 is 79.9 Å². The Hall–Kier alpha value is -0.640. The van der Waals surface area contributed by atoms with Crippen LogP contribution in [0.3, 0.4) is 0 Å². The summed E-state index contributed by atoms with van der Waals surface area (Å²) in [6.45, 7) is -1.84. The highest BCUT2D eigenvalue weighted by Gasteiger charge is 2.48. The molecule has 0 aromatic rings. The SMILES string of the molecule is OC[C@H]1OC(OC[C@H]2OC(OC[C@H]3OC(O)[C@H](O)[C@@H](O)[C@H]3O)[C@H](O)[C@@H](O)[C@H]2O)[C@H](O)[C@@H](O)[C@H]1O. The van der Waals surface area contributed by atoms with Gasteiger partial charge in [0.1, 0.15) is 73.2 Å². The summed E-state index contributed by atoms with van der Waals surface area (Å²) in [5.74, 6) is 0. The highest BCUT2D eigenvalue weighted by Crippen LogP contribution is 2.27. The fourth-order valence-electron chi connectivity index (χ4n) is 3.84. The molecule has 0 aromatic carbocycles. The third-order valence-corrected chi connectivity index (χ3v) is 6.05. The molecule has 11 N–H and O–H groups in total. The first-order chi connectivity index (χ1) is 16.0. The topological polar surface area (TPSA) is 269 Å². The van der Waals surface area contributed by atoms with E-state index in [0.29, 0.717) is 0 Å². The lowest BCUT2D eigenvalue weighted by Gasteiger charge is -2.43. The van der Waals surface area contributed by atoms with Gasteiger partial charge in [-0.3, -0.25) is 0 Å². The van der Waals surface area contributed by atoms with Crippen LogP contribution in [0.5, 0.6) is 0 Å². The molecule has 3 fully saturated rings. The van der Waals surface area contributed by atoms with Crippen molar-refractivity contribution >= 4 is 0 Å². The predicted molar refractivity (Wildman–Crippen MR) is 101 cm³/mol. The van der Waals surface area contributed by atoms with E-state index in [4.69, 9.17) is 23.7 Å². The van der Waals surface area contributed by atoms with Gasteiger partial charge in [0.2, 0.25) is 0 Å². The Morgan fingerprint density at radius 3 is 1.29 bits per heavy atom. The summed E-state index contributed by atoms with van der Waals surface area (Å²) in [4.78, 5) is 0. The lowest BCUT2D eigenvalue weighted by Crippen LogP contribution is -2.62. The number of hydrogen-bond acceptors (Lipinski definition) is 16. The number of hydrogen-bond donors (Lipinski definition) is 11. The molecule has 3 saturated heterocycles. The largest absolute Gasteiger partial charge is 0.394 e. The zero-order valence-corrected chi connectivity index (χ0v) is 17.7. The number of aliphatic hydroxyl groups excluding tert-OH is 11. The van der Waals surface area contributed by atoms with E-state index in [0.717, 1.165) is 0 Å². The van der Waals surface area contributed by atoms with Crippen LogP contribution in [0.2, 0.25) is 0 Å². The average molecular weight is 504 g/mol. The van der Waals surface area contributed by atoms with Crippen LogP contribution in [-0.2, 0) is 23.7 Å². The van der Waals surface area contributed by atoms with Gasteiger partial charge in [-0.15, -0.1) is 0 Å². The van der Waals surface area contributed by atoms with Gasteiger partial charge in [0, 0.05) is 0 Å². The van der Waals surface area contributed by atoms with Crippen LogP contribution in [0.25, 0.3) is 0 Å². The van der Waals surface area contributed by atoms with Gasteiger partial charge in [-0.2, -0.15) is 0 Å². The molecule has 3 aliphatic heterocycles. The summed E-state index contributed by atoms with van der Waals surface area (Å²) in [6, 6.07) is 0. The molecule has 0 aliphatic carbocycles. The summed E-state index contributed by atoms with van der Waals surface area (Å²) in [7, 11) is 0. The average Bonchev–Trinajstić information content (AvgIpc) is 2.82. The Balaban J connectivity index is 1.58. The second-order valence-corrected chi connectivity index (χ2v) is 8.42. The summed E-state index contributed by atoms with van der Waals surface area (Å²) in [5.41, 5.74) is 0. The number of aliphatic hydroxyl groups is 11. The lowest BCUT2D eigenvalue weighted by atomic mass is 9.98. The van der Waals surface area contributed by atoms with Crippen LogP contribution >= 0.6 is 0 Å². The van der Waals surface area contributed by atoms with Gasteiger partial charge in [-0.25, -0.2) is 0 Å². The first kappa shape index (κ1) is 27.9. The van der Waals surface area contributed by atoms with E-state index in [1.807, 2.05) is 0 Å². The fourth-order valence-corrected chi connectivity index (χ4v) is 3.84. The normalized spacial score (nSPS) is 52.5. The van der Waals surface area contributed by atoms with Crippen LogP contribution < -0.4 is 0 Å². The molecule has 0 amide bonds. The second-order valence-electron chi connectivity index (χ2n) is 8.42. The quantitative estimate of drug-likeness (QED) is 0.154. The van der Waals surface area contributed by atoms with E-state index in [-0.39, 0.29) is 0 Å². The van der Waals surface area contributed by atoms with Gasteiger partial charge in [0.15, 0.2) is 18.9 Å². The Bertz CT molecular complexity index is 639. The molecule has 16 nitrogen and oxygen atoms in total. The lowest BCUT2D eigenvalue weighted by molar-refractivity contribution is -0.340. The highest BCUT2D eigenvalue weighted by atomic mass is 16.7. The third-order valence-electron chi connectivity index (χ3n) is 6.05. The monoisotopic (exact) mass is 504 g/mol. The summed E-state index contributed by atoms with van der Waals surface area (Å²) in [6.07, 6.45) is -24.4. The summed E-state index contributed by atoms with van der Waals surface area (Å²) < 4.78 is 26.1. The van der Waals surface area contributed by atoms with Crippen molar-refractivity contribution in [3.63, 3.8) is 0 Å². The smallest absolute Gasteiger partial charge is 0.186 e. The van der Waals surface area contributed by atoms with Gasteiger partial charge in [0.25, 0.3) is 0 Å². The molecule has 3 heterocycles. The molecule has 3 aliphatic rings. The van der Waals surface area contributed by atoms with E-state index < -0.39 is 112 Å². The molecule has 0 bridgehead atoms. The van der Waals surface area contributed by atoms with Crippen molar-refractivity contribution in [1.82, 2.24) is 0 Å². The summed E-state index contributed by atoms with van der Waals surface area (Å²) >= 11 is 0. The molecule has 34 heavy (non-hydrogen) atoms. The molecule has 200 valence electrons. The zero-order chi connectivity index (χ0) is 25.3. The van der Waals surface area contributed by atoms with Crippen molar-refractivity contribution in [2.45, 2.75) is 92.1 Å². The van der Waals surface area contributed by atoms with Crippen molar-refractivity contribution in [3.8, 4) is 0 Å². The molecular formula is C18H32O16. The van der Waals surface area contributed by atoms with E-state index in [2.05, 4.69) is 0 Å². The minimum absolute atomic E-state index is 0.570. The molecule has 0 saturated carbocycles. The first-order valence-electron chi connectivity index (χ1n) is 10.6. The minimum atomic E-state index is -1.82. The predicted octanol–water partition coefficient (Wildman–Crippen LogP) is -7.57.